The number of carbonyl (C=O) groups is 1. The van der Waals surface area contributed by atoms with Gasteiger partial charge < -0.3 is 10.5 Å². The van der Waals surface area contributed by atoms with Crippen LogP contribution in [0.4, 0.5) is 5.82 Å². The van der Waals surface area contributed by atoms with Crippen LogP contribution >= 0.6 is 0 Å². The molecule has 0 aromatic carbocycles. The first-order valence-electron chi connectivity index (χ1n) is 5.15. The van der Waals surface area contributed by atoms with E-state index in [9.17, 15) is 4.79 Å². The van der Waals surface area contributed by atoms with Gasteiger partial charge in [-0.25, -0.2) is 9.48 Å². The summed E-state index contributed by atoms with van der Waals surface area (Å²) in [7, 11) is 1.34. The molecule has 0 unspecified atom stereocenters. The number of rotatable bonds is 2. The summed E-state index contributed by atoms with van der Waals surface area (Å²) in [4.78, 5) is 11.3. The highest BCUT2D eigenvalue weighted by Gasteiger charge is 2.23. The van der Waals surface area contributed by atoms with Gasteiger partial charge in [-0.2, -0.15) is 5.10 Å². The van der Waals surface area contributed by atoms with Crippen molar-refractivity contribution in [2.45, 2.75) is 31.7 Å². The van der Waals surface area contributed by atoms with Crippen molar-refractivity contribution in [3.8, 4) is 0 Å². The third kappa shape index (κ3) is 1.69. The van der Waals surface area contributed by atoms with Crippen LogP contribution in [-0.4, -0.2) is 22.9 Å². The van der Waals surface area contributed by atoms with Crippen LogP contribution in [0.3, 0.4) is 0 Å². The van der Waals surface area contributed by atoms with Gasteiger partial charge in [0.15, 0.2) is 0 Å². The summed E-state index contributed by atoms with van der Waals surface area (Å²) in [6.45, 7) is 0. The van der Waals surface area contributed by atoms with Crippen LogP contribution in [0.25, 0.3) is 0 Å². The molecule has 1 saturated carbocycles. The molecule has 1 aliphatic rings. The van der Waals surface area contributed by atoms with Crippen molar-refractivity contribution in [2.75, 3.05) is 12.8 Å². The van der Waals surface area contributed by atoms with Gasteiger partial charge in [0, 0.05) is 0 Å². The Bertz CT molecular complexity index is 367. The first-order chi connectivity index (χ1) is 7.24. The summed E-state index contributed by atoms with van der Waals surface area (Å²) in [5, 5.41) is 4.16. The van der Waals surface area contributed by atoms with E-state index in [1.165, 1.54) is 26.1 Å². The molecule has 0 bridgehead atoms. The summed E-state index contributed by atoms with van der Waals surface area (Å²) in [6.07, 6.45) is 6.08. The molecular formula is C10H15N3O2. The van der Waals surface area contributed by atoms with Crippen molar-refractivity contribution in [3.63, 3.8) is 0 Å². The molecule has 82 valence electrons. The predicted molar refractivity (Wildman–Crippen MR) is 55.5 cm³/mol. The second kappa shape index (κ2) is 3.92. The first kappa shape index (κ1) is 10.0. The minimum atomic E-state index is -0.420. The highest BCUT2D eigenvalue weighted by Crippen LogP contribution is 2.31. The molecule has 15 heavy (non-hydrogen) atoms. The number of anilines is 1. The third-order valence-electron chi connectivity index (χ3n) is 2.91. The molecule has 5 nitrogen and oxygen atoms in total. The zero-order valence-corrected chi connectivity index (χ0v) is 8.77. The SMILES string of the molecule is COC(=O)c1cnn(C2CCCC2)c1N. The number of nitrogens with zero attached hydrogens (tertiary/aromatic N) is 2. The fraction of sp³-hybridized carbons (Fsp3) is 0.600. The lowest BCUT2D eigenvalue weighted by Crippen LogP contribution is -2.12. The topological polar surface area (TPSA) is 70.1 Å². The Hall–Kier alpha value is -1.52. The van der Waals surface area contributed by atoms with Crippen LogP contribution in [-0.2, 0) is 4.74 Å². The van der Waals surface area contributed by atoms with Crippen LogP contribution in [0, 0.1) is 0 Å². The monoisotopic (exact) mass is 209 g/mol. The van der Waals surface area contributed by atoms with Crippen LogP contribution in [0.15, 0.2) is 6.20 Å². The summed E-state index contributed by atoms with van der Waals surface area (Å²) >= 11 is 0. The first-order valence-corrected chi connectivity index (χ1v) is 5.15. The zero-order valence-electron chi connectivity index (χ0n) is 8.77. The van der Waals surface area contributed by atoms with E-state index in [0.29, 0.717) is 17.4 Å². The Morgan fingerprint density at radius 3 is 2.87 bits per heavy atom. The Kier molecular flexibility index (Phi) is 2.62. The summed E-state index contributed by atoms with van der Waals surface area (Å²) in [5.41, 5.74) is 6.22. The molecule has 1 aromatic rings. The van der Waals surface area contributed by atoms with E-state index < -0.39 is 5.97 Å². The van der Waals surface area contributed by atoms with Crippen molar-refractivity contribution in [2.24, 2.45) is 0 Å². The van der Waals surface area contributed by atoms with Gasteiger partial charge in [0.2, 0.25) is 0 Å². The fourth-order valence-electron chi connectivity index (χ4n) is 2.08. The number of esters is 1. The summed E-state index contributed by atoms with van der Waals surface area (Å²) < 4.78 is 6.37. The Balaban J connectivity index is 2.26. The highest BCUT2D eigenvalue weighted by molar-refractivity contribution is 5.93. The Morgan fingerprint density at radius 1 is 1.60 bits per heavy atom. The molecule has 0 radical (unpaired) electrons. The quantitative estimate of drug-likeness (QED) is 0.747. The maximum atomic E-state index is 11.3. The molecule has 1 aromatic heterocycles. The summed E-state index contributed by atoms with van der Waals surface area (Å²) in [5.74, 6) is 0.00509. The number of hydrogen-bond donors (Lipinski definition) is 1. The van der Waals surface area contributed by atoms with E-state index in [1.54, 1.807) is 4.68 Å². The lowest BCUT2D eigenvalue weighted by molar-refractivity contribution is 0.0602. The van der Waals surface area contributed by atoms with E-state index in [1.807, 2.05) is 0 Å². The maximum absolute atomic E-state index is 11.3. The number of ether oxygens (including phenoxy) is 1. The molecule has 0 spiro atoms. The van der Waals surface area contributed by atoms with E-state index in [2.05, 4.69) is 9.84 Å². The molecule has 2 rings (SSSR count). The van der Waals surface area contributed by atoms with Gasteiger partial charge in [0.1, 0.15) is 11.4 Å². The van der Waals surface area contributed by atoms with Crippen LogP contribution in [0.1, 0.15) is 42.1 Å². The largest absolute Gasteiger partial charge is 0.465 e. The van der Waals surface area contributed by atoms with Crippen molar-refractivity contribution >= 4 is 11.8 Å². The van der Waals surface area contributed by atoms with Crippen molar-refractivity contribution in [1.82, 2.24) is 9.78 Å². The van der Waals surface area contributed by atoms with Crippen molar-refractivity contribution in [1.29, 1.82) is 0 Å². The molecule has 0 atom stereocenters. The van der Waals surface area contributed by atoms with E-state index >= 15 is 0 Å². The van der Waals surface area contributed by atoms with Gasteiger partial charge in [-0.3, -0.25) is 0 Å². The molecule has 2 N–H and O–H groups in total. The van der Waals surface area contributed by atoms with E-state index in [-0.39, 0.29) is 0 Å². The minimum Gasteiger partial charge on any atom is -0.465 e. The van der Waals surface area contributed by atoms with Crippen molar-refractivity contribution < 1.29 is 9.53 Å². The number of methoxy groups -OCH3 is 1. The average Bonchev–Trinajstić information content (AvgIpc) is 2.85. The van der Waals surface area contributed by atoms with Crippen molar-refractivity contribution in [3.05, 3.63) is 11.8 Å². The molecule has 0 saturated heterocycles. The lowest BCUT2D eigenvalue weighted by atomic mass is 10.2. The number of carbonyl (C=O) groups excluding carboxylic acids is 1. The third-order valence-corrected chi connectivity index (χ3v) is 2.91. The molecule has 1 heterocycles. The molecule has 0 amide bonds. The Labute approximate surface area is 88.2 Å². The second-order valence-corrected chi connectivity index (χ2v) is 3.82. The predicted octanol–water partition coefficient (Wildman–Crippen LogP) is 1.37. The van der Waals surface area contributed by atoms with E-state index in [0.717, 1.165) is 12.8 Å². The van der Waals surface area contributed by atoms with Gasteiger partial charge in [-0.1, -0.05) is 12.8 Å². The highest BCUT2D eigenvalue weighted by atomic mass is 16.5. The standard InChI is InChI=1S/C10H15N3O2/c1-15-10(14)8-6-12-13(9(8)11)7-4-2-3-5-7/h6-7H,2-5,11H2,1H3. The maximum Gasteiger partial charge on any atom is 0.343 e. The van der Waals surface area contributed by atoms with Gasteiger partial charge in [0.05, 0.1) is 19.3 Å². The van der Waals surface area contributed by atoms with Gasteiger partial charge in [-0.05, 0) is 12.8 Å². The molecule has 1 aliphatic carbocycles. The number of hydrogen-bond acceptors (Lipinski definition) is 4. The molecule has 0 aliphatic heterocycles. The van der Waals surface area contributed by atoms with Gasteiger partial charge >= 0.3 is 5.97 Å². The molecular weight excluding hydrogens is 194 g/mol. The zero-order chi connectivity index (χ0) is 10.8. The van der Waals surface area contributed by atoms with Gasteiger partial charge in [0.25, 0.3) is 0 Å². The average molecular weight is 209 g/mol. The van der Waals surface area contributed by atoms with Gasteiger partial charge in [-0.15, -0.1) is 0 Å². The number of aromatic nitrogens is 2. The summed E-state index contributed by atoms with van der Waals surface area (Å²) in [6, 6.07) is 0.350. The lowest BCUT2D eigenvalue weighted by Gasteiger charge is -2.11. The van der Waals surface area contributed by atoms with Crippen LogP contribution in [0.2, 0.25) is 0 Å². The molecule has 1 fully saturated rings. The second-order valence-electron chi connectivity index (χ2n) is 3.82. The number of nitrogen functional groups attached to an aromatic ring is 1. The van der Waals surface area contributed by atoms with Crippen LogP contribution in [0.5, 0.6) is 0 Å². The minimum absolute atomic E-state index is 0.350. The van der Waals surface area contributed by atoms with E-state index in [4.69, 9.17) is 5.73 Å². The number of nitrogens with two attached hydrogens (primary N) is 1. The smallest absolute Gasteiger partial charge is 0.343 e. The fourth-order valence-corrected chi connectivity index (χ4v) is 2.08. The Morgan fingerprint density at radius 2 is 2.27 bits per heavy atom. The van der Waals surface area contributed by atoms with Crippen LogP contribution < -0.4 is 5.73 Å². The normalized spacial score (nSPS) is 16.9. The molecule has 5 heteroatoms.